The number of nitrogens with one attached hydrogen (secondary N) is 1. The first-order valence-corrected chi connectivity index (χ1v) is 8.42. The largest absolute Gasteiger partial charge is 0.355 e. The molecule has 0 spiro atoms. The first-order valence-electron chi connectivity index (χ1n) is 8.42. The lowest BCUT2D eigenvalue weighted by Crippen LogP contribution is -2.31. The zero-order chi connectivity index (χ0) is 17.8. The van der Waals surface area contributed by atoms with E-state index in [0.29, 0.717) is 13.0 Å². The monoisotopic (exact) mass is 340 g/mol. The summed E-state index contributed by atoms with van der Waals surface area (Å²) in [4.78, 5) is 25.4. The Hall–Kier alpha value is -2.69. The SMILES string of the molecule is CN1C(=O)CCc2cc(CCNC(=O)Cc3ccc(F)cc3)ccc21. The van der Waals surface area contributed by atoms with E-state index in [1.165, 1.54) is 17.7 Å². The van der Waals surface area contributed by atoms with Crippen LogP contribution in [0.2, 0.25) is 0 Å². The van der Waals surface area contributed by atoms with Gasteiger partial charge in [-0.25, -0.2) is 4.39 Å². The number of carbonyl (C=O) groups excluding carboxylic acids is 2. The molecule has 4 nitrogen and oxygen atoms in total. The van der Waals surface area contributed by atoms with Crippen molar-refractivity contribution in [3.63, 3.8) is 0 Å². The summed E-state index contributed by atoms with van der Waals surface area (Å²) in [5.74, 6) is -0.230. The van der Waals surface area contributed by atoms with Crippen LogP contribution in [0.1, 0.15) is 23.1 Å². The molecule has 0 aromatic heterocycles. The average molecular weight is 340 g/mol. The summed E-state index contributed by atoms with van der Waals surface area (Å²) in [5.41, 5.74) is 4.08. The quantitative estimate of drug-likeness (QED) is 0.910. The molecular weight excluding hydrogens is 319 g/mol. The first kappa shape index (κ1) is 17.1. The van der Waals surface area contributed by atoms with Crippen LogP contribution in [0.4, 0.5) is 10.1 Å². The van der Waals surface area contributed by atoms with Gasteiger partial charge < -0.3 is 10.2 Å². The molecular formula is C20H21FN2O2. The van der Waals surface area contributed by atoms with Crippen molar-refractivity contribution in [2.45, 2.75) is 25.7 Å². The molecule has 130 valence electrons. The molecule has 0 fully saturated rings. The minimum atomic E-state index is -0.302. The number of halogens is 1. The molecule has 0 atom stereocenters. The maximum absolute atomic E-state index is 12.9. The van der Waals surface area contributed by atoms with Gasteiger partial charge in [-0.3, -0.25) is 9.59 Å². The lowest BCUT2D eigenvalue weighted by atomic mass is 9.98. The van der Waals surface area contributed by atoms with Gasteiger partial charge in [-0.1, -0.05) is 24.3 Å². The summed E-state index contributed by atoms with van der Waals surface area (Å²) in [6, 6.07) is 12.0. The van der Waals surface area contributed by atoms with Crippen LogP contribution in [0.3, 0.4) is 0 Å². The maximum atomic E-state index is 12.9. The molecule has 1 heterocycles. The van der Waals surface area contributed by atoms with Crippen LogP contribution >= 0.6 is 0 Å². The fraction of sp³-hybridized carbons (Fsp3) is 0.300. The minimum absolute atomic E-state index is 0.0742. The lowest BCUT2D eigenvalue weighted by molar-refractivity contribution is -0.120. The van der Waals surface area contributed by atoms with Crippen molar-refractivity contribution in [2.24, 2.45) is 0 Å². The molecule has 0 saturated heterocycles. The normalized spacial score (nSPS) is 13.5. The van der Waals surface area contributed by atoms with Gasteiger partial charge in [0.25, 0.3) is 0 Å². The summed E-state index contributed by atoms with van der Waals surface area (Å²) < 4.78 is 12.9. The molecule has 5 heteroatoms. The highest BCUT2D eigenvalue weighted by molar-refractivity contribution is 5.95. The molecule has 1 aliphatic heterocycles. The van der Waals surface area contributed by atoms with Crippen LogP contribution in [0.15, 0.2) is 42.5 Å². The Morgan fingerprint density at radius 3 is 2.60 bits per heavy atom. The molecule has 0 aliphatic carbocycles. The van der Waals surface area contributed by atoms with Gasteiger partial charge in [0.1, 0.15) is 5.82 Å². The van der Waals surface area contributed by atoms with Crippen LogP contribution in [-0.4, -0.2) is 25.4 Å². The highest BCUT2D eigenvalue weighted by Gasteiger charge is 2.20. The topological polar surface area (TPSA) is 49.4 Å². The number of nitrogens with zero attached hydrogens (tertiary/aromatic N) is 1. The van der Waals surface area contributed by atoms with Gasteiger partial charge in [0.15, 0.2) is 0 Å². The Morgan fingerprint density at radius 1 is 1.12 bits per heavy atom. The third-order valence-corrected chi connectivity index (χ3v) is 4.50. The van der Waals surface area contributed by atoms with Gasteiger partial charge in [-0.2, -0.15) is 0 Å². The molecule has 2 amide bonds. The third-order valence-electron chi connectivity index (χ3n) is 4.50. The predicted molar refractivity (Wildman–Crippen MR) is 95.0 cm³/mol. The second-order valence-electron chi connectivity index (χ2n) is 6.32. The van der Waals surface area contributed by atoms with E-state index in [1.54, 1.807) is 24.1 Å². The molecule has 25 heavy (non-hydrogen) atoms. The van der Waals surface area contributed by atoms with E-state index in [-0.39, 0.29) is 24.1 Å². The average Bonchev–Trinajstić information content (AvgIpc) is 2.60. The van der Waals surface area contributed by atoms with Gasteiger partial charge >= 0.3 is 0 Å². The lowest BCUT2D eigenvalue weighted by Gasteiger charge is -2.26. The van der Waals surface area contributed by atoms with Gasteiger partial charge in [-0.05, 0) is 47.7 Å². The Labute approximate surface area is 146 Å². The van der Waals surface area contributed by atoms with E-state index >= 15 is 0 Å². The zero-order valence-electron chi connectivity index (χ0n) is 14.2. The molecule has 0 radical (unpaired) electrons. The molecule has 3 rings (SSSR count). The number of fused-ring (bicyclic) bond motifs is 1. The van der Waals surface area contributed by atoms with Crippen molar-refractivity contribution < 1.29 is 14.0 Å². The van der Waals surface area contributed by atoms with E-state index in [1.807, 2.05) is 12.1 Å². The number of benzene rings is 2. The molecule has 1 aliphatic rings. The summed E-state index contributed by atoms with van der Waals surface area (Å²) in [5, 5.41) is 2.89. The maximum Gasteiger partial charge on any atom is 0.227 e. The molecule has 0 unspecified atom stereocenters. The second-order valence-corrected chi connectivity index (χ2v) is 6.32. The number of hydrogen-bond acceptors (Lipinski definition) is 2. The molecule has 2 aromatic carbocycles. The van der Waals surface area contributed by atoms with E-state index < -0.39 is 0 Å². The first-order chi connectivity index (χ1) is 12.0. The van der Waals surface area contributed by atoms with Crippen molar-refractivity contribution in [3.8, 4) is 0 Å². The van der Waals surface area contributed by atoms with E-state index in [9.17, 15) is 14.0 Å². The fourth-order valence-corrected chi connectivity index (χ4v) is 3.06. The highest BCUT2D eigenvalue weighted by atomic mass is 19.1. The standard InChI is InChI=1S/C20H21FN2O2/c1-23-18-8-4-15(12-16(18)5-9-20(23)25)10-11-22-19(24)13-14-2-6-17(21)7-3-14/h2-4,6-8,12H,5,9-11,13H2,1H3,(H,22,24). The Balaban J connectivity index is 1.51. The number of carbonyl (C=O) groups is 2. The van der Waals surface area contributed by atoms with Crippen LogP contribution in [0, 0.1) is 5.82 Å². The third kappa shape index (κ3) is 4.24. The van der Waals surface area contributed by atoms with E-state index in [2.05, 4.69) is 11.4 Å². The van der Waals surface area contributed by atoms with Crippen LogP contribution in [0.5, 0.6) is 0 Å². The number of rotatable bonds is 5. The number of aryl methyl sites for hydroxylation is 1. The Morgan fingerprint density at radius 2 is 1.84 bits per heavy atom. The van der Waals surface area contributed by atoms with Gasteiger partial charge in [-0.15, -0.1) is 0 Å². The van der Waals surface area contributed by atoms with Crippen LogP contribution in [0.25, 0.3) is 0 Å². The zero-order valence-corrected chi connectivity index (χ0v) is 14.2. The number of amides is 2. The van der Waals surface area contributed by atoms with Crippen LogP contribution in [-0.2, 0) is 28.9 Å². The Kier molecular flexibility index (Phi) is 5.12. The smallest absolute Gasteiger partial charge is 0.227 e. The van der Waals surface area contributed by atoms with E-state index in [4.69, 9.17) is 0 Å². The highest BCUT2D eigenvalue weighted by Crippen LogP contribution is 2.27. The van der Waals surface area contributed by atoms with Gasteiger partial charge in [0.05, 0.1) is 6.42 Å². The van der Waals surface area contributed by atoms with Gasteiger partial charge in [0.2, 0.25) is 11.8 Å². The molecule has 0 bridgehead atoms. The summed E-state index contributed by atoms with van der Waals surface area (Å²) >= 11 is 0. The second kappa shape index (κ2) is 7.47. The summed E-state index contributed by atoms with van der Waals surface area (Å²) in [6.07, 6.45) is 2.29. The summed E-state index contributed by atoms with van der Waals surface area (Å²) in [6.45, 7) is 0.549. The molecule has 2 aromatic rings. The van der Waals surface area contributed by atoms with Crippen molar-refractivity contribution in [2.75, 3.05) is 18.5 Å². The Bertz CT molecular complexity index is 787. The summed E-state index contributed by atoms with van der Waals surface area (Å²) in [7, 11) is 1.80. The predicted octanol–water partition coefficient (Wildman–Crippen LogP) is 2.64. The number of hydrogen-bond donors (Lipinski definition) is 1. The molecule has 1 N–H and O–H groups in total. The van der Waals surface area contributed by atoms with Crippen molar-refractivity contribution in [1.29, 1.82) is 0 Å². The fourth-order valence-electron chi connectivity index (χ4n) is 3.06. The number of anilines is 1. The molecule has 0 saturated carbocycles. The van der Waals surface area contributed by atoms with Crippen molar-refractivity contribution >= 4 is 17.5 Å². The van der Waals surface area contributed by atoms with Crippen LogP contribution < -0.4 is 10.2 Å². The van der Waals surface area contributed by atoms with Crippen molar-refractivity contribution in [1.82, 2.24) is 5.32 Å². The minimum Gasteiger partial charge on any atom is -0.355 e. The van der Waals surface area contributed by atoms with Gasteiger partial charge in [0, 0.05) is 25.7 Å². The van der Waals surface area contributed by atoms with Crippen molar-refractivity contribution in [3.05, 3.63) is 65.0 Å². The van der Waals surface area contributed by atoms with E-state index in [0.717, 1.165) is 29.7 Å².